The molecule has 0 heterocycles. The van der Waals surface area contributed by atoms with Gasteiger partial charge in [0.2, 0.25) is 0 Å². The van der Waals surface area contributed by atoms with Crippen molar-refractivity contribution < 1.29 is 0 Å². The molecule has 2 N–H and O–H groups in total. The van der Waals surface area contributed by atoms with Crippen molar-refractivity contribution in [3.05, 3.63) is 0 Å². The van der Waals surface area contributed by atoms with Gasteiger partial charge in [0.15, 0.2) is 0 Å². The number of hydrogen-bond donors (Lipinski definition) is 1. The van der Waals surface area contributed by atoms with Crippen molar-refractivity contribution >= 4 is 11.8 Å². The summed E-state index contributed by atoms with van der Waals surface area (Å²) < 4.78 is 0. The molecule has 0 aromatic rings. The standard InChI is InChI=1S/C8H20N2S/c1-8(4-5-9)10(2)6-7-11-3/h8H,4-7,9H2,1-3H3. The minimum absolute atomic E-state index is 0.632. The number of rotatable bonds is 6. The third kappa shape index (κ3) is 5.53. The Kier molecular flexibility index (Phi) is 7.12. The van der Waals surface area contributed by atoms with Gasteiger partial charge in [0.25, 0.3) is 0 Å². The van der Waals surface area contributed by atoms with Crippen LogP contribution in [0.1, 0.15) is 13.3 Å². The van der Waals surface area contributed by atoms with Gasteiger partial charge in [-0.05, 0) is 33.2 Å². The number of nitrogens with two attached hydrogens (primary N) is 1. The zero-order valence-corrected chi connectivity index (χ0v) is 8.66. The summed E-state index contributed by atoms with van der Waals surface area (Å²) in [5, 5.41) is 0. The molecular weight excluding hydrogens is 156 g/mol. The van der Waals surface area contributed by atoms with Gasteiger partial charge in [0, 0.05) is 18.3 Å². The monoisotopic (exact) mass is 176 g/mol. The van der Waals surface area contributed by atoms with E-state index in [1.807, 2.05) is 11.8 Å². The third-order valence-corrected chi connectivity index (χ3v) is 2.58. The second kappa shape index (κ2) is 6.95. The average molecular weight is 176 g/mol. The normalized spacial score (nSPS) is 13.9. The molecule has 0 amide bonds. The summed E-state index contributed by atoms with van der Waals surface area (Å²) in [4.78, 5) is 2.36. The maximum atomic E-state index is 5.46. The molecule has 3 heteroatoms. The highest BCUT2D eigenvalue weighted by atomic mass is 32.2. The van der Waals surface area contributed by atoms with Crippen LogP contribution in [0.15, 0.2) is 0 Å². The van der Waals surface area contributed by atoms with Crippen molar-refractivity contribution in [3.63, 3.8) is 0 Å². The van der Waals surface area contributed by atoms with Crippen LogP contribution < -0.4 is 5.73 Å². The van der Waals surface area contributed by atoms with E-state index in [9.17, 15) is 0 Å². The molecule has 0 spiro atoms. The van der Waals surface area contributed by atoms with Gasteiger partial charge in [-0.1, -0.05) is 0 Å². The van der Waals surface area contributed by atoms with Gasteiger partial charge in [-0.15, -0.1) is 0 Å². The first-order valence-electron chi connectivity index (χ1n) is 4.11. The molecule has 68 valence electrons. The summed E-state index contributed by atoms with van der Waals surface area (Å²) in [6.07, 6.45) is 3.24. The molecule has 11 heavy (non-hydrogen) atoms. The van der Waals surface area contributed by atoms with E-state index in [0.29, 0.717) is 6.04 Å². The minimum Gasteiger partial charge on any atom is -0.330 e. The zero-order valence-electron chi connectivity index (χ0n) is 7.84. The van der Waals surface area contributed by atoms with Gasteiger partial charge >= 0.3 is 0 Å². The molecule has 0 aromatic heterocycles. The summed E-state index contributed by atoms with van der Waals surface area (Å²) in [6.45, 7) is 4.19. The maximum absolute atomic E-state index is 5.46. The van der Waals surface area contributed by atoms with Gasteiger partial charge in [-0.2, -0.15) is 11.8 Å². The first-order chi connectivity index (χ1) is 5.22. The van der Waals surface area contributed by atoms with E-state index < -0.39 is 0 Å². The molecule has 0 saturated heterocycles. The van der Waals surface area contributed by atoms with E-state index in [1.54, 1.807) is 0 Å². The second-order valence-corrected chi connectivity index (χ2v) is 3.89. The zero-order chi connectivity index (χ0) is 8.69. The van der Waals surface area contributed by atoms with Crippen LogP contribution in [0.25, 0.3) is 0 Å². The Morgan fingerprint density at radius 3 is 2.64 bits per heavy atom. The van der Waals surface area contributed by atoms with Gasteiger partial charge in [0.05, 0.1) is 0 Å². The summed E-state index contributed by atoms with van der Waals surface area (Å²) >= 11 is 1.89. The summed E-state index contributed by atoms with van der Waals surface area (Å²) in [6, 6.07) is 0.632. The molecule has 0 bridgehead atoms. The molecule has 0 saturated carbocycles. The molecule has 0 aliphatic heterocycles. The van der Waals surface area contributed by atoms with Crippen molar-refractivity contribution in [1.29, 1.82) is 0 Å². The van der Waals surface area contributed by atoms with E-state index in [2.05, 4.69) is 25.1 Å². The van der Waals surface area contributed by atoms with Crippen molar-refractivity contribution in [3.8, 4) is 0 Å². The molecule has 2 nitrogen and oxygen atoms in total. The van der Waals surface area contributed by atoms with E-state index in [-0.39, 0.29) is 0 Å². The summed E-state index contributed by atoms with van der Waals surface area (Å²) in [5.41, 5.74) is 5.46. The number of thioether (sulfide) groups is 1. The SMILES string of the molecule is CSCCN(C)C(C)CCN. The quantitative estimate of drug-likeness (QED) is 0.655. The van der Waals surface area contributed by atoms with Crippen LogP contribution in [0, 0.1) is 0 Å². The second-order valence-electron chi connectivity index (χ2n) is 2.90. The van der Waals surface area contributed by atoms with Gasteiger partial charge < -0.3 is 10.6 Å². The Labute approximate surface area is 74.5 Å². The predicted octanol–water partition coefficient (Wildman–Crippen LogP) is 1.02. The molecular formula is C8H20N2S. The largest absolute Gasteiger partial charge is 0.330 e. The fraction of sp³-hybridized carbons (Fsp3) is 1.00. The van der Waals surface area contributed by atoms with Crippen LogP contribution in [0.3, 0.4) is 0 Å². The first kappa shape index (κ1) is 11.3. The fourth-order valence-electron chi connectivity index (χ4n) is 0.917. The van der Waals surface area contributed by atoms with Crippen molar-refractivity contribution in [2.24, 2.45) is 5.73 Å². The van der Waals surface area contributed by atoms with Crippen LogP contribution >= 0.6 is 11.8 Å². The lowest BCUT2D eigenvalue weighted by Gasteiger charge is -2.23. The summed E-state index contributed by atoms with van der Waals surface area (Å²) in [5.74, 6) is 1.21. The van der Waals surface area contributed by atoms with E-state index in [1.165, 1.54) is 12.3 Å². The average Bonchev–Trinajstić information content (AvgIpc) is 2.00. The lowest BCUT2D eigenvalue weighted by Crippen LogP contribution is -2.32. The smallest absolute Gasteiger partial charge is 0.00762 e. The molecule has 0 rings (SSSR count). The van der Waals surface area contributed by atoms with Crippen LogP contribution in [-0.4, -0.2) is 43.1 Å². The van der Waals surface area contributed by atoms with Crippen LogP contribution in [0.2, 0.25) is 0 Å². The molecule has 1 unspecified atom stereocenters. The highest BCUT2D eigenvalue weighted by Crippen LogP contribution is 2.01. The van der Waals surface area contributed by atoms with Gasteiger partial charge in [-0.3, -0.25) is 0 Å². The molecule has 1 atom stereocenters. The molecule has 0 aromatic carbocycles. The van der Waals surface area contributed by atoms with E-state index in [0.717, 1.165) is 13.0 Å². The van der Waals surface area contributed by atoms with Crippen LogP contribution in [0.5, 0.6) is 0 Å². The Balaban J connectivity index is 3.38. The minimum atomic E-state index is 0.632. The summed E-state index contributed by atoms with van der Waals surface area (Å²) in [7, 11) is 2.16. The fourth-order valence-corrected chi connectivity index (χ4v) is 1.39. The third-order valence-electron chi connectivity index (χ3n) is 1.99. The Hall–Kier alpha value is 0.270. The first-order valence-corrected chi connectivity index (χ1v) is 5.51. The van der Waals surface area contributed by atoms with Gasteiger partial charge in [-0.25, -0.2) is 0 Å². The topological polar surface area (TPSA) is 29.3 Å². The van der Waals surface area contributed by atoms with Crippen LogP contribution in [0.4, 0.5) is 0 Å². The lowest BCUT2D eigenvalue weighted by molar-refractivity contribution is 0.263. The van der Waals surface area contributed by atoms with Crippen molar-refractivity contribution in [1.82, 2.24) is 4.90 Å². The number of nitrogens with zero attached hydrogens (tertiary/aromatic N) is 1. The lowest BCUT2D eigenvalue weighted by atomic mass is 10.2. The molecule has 0 fully saturated rings. The van der Waals surface area contributed by atoms with E-state index >= 15 is 0 Å². The maximum Gasteiger partial charge on any atom is 0.00762 e. The predicted molar refractivity (Wildman–Crippen MR) is 54.1 cm³/mol. The highest BCUT2D eigenvalue weighted by Gasteiger charge is 2.06. The molecule has 0 aliphatic rings. The highest BCUT2D eigenvalue weighted by molar-refractivity contribution is 7.98. The molecule has 0 radical (unpaired) electrons. The van der Waals surface area contributed by atoms with Crippen LogP contribution in [-0.2, 0) is 0 Å². The Morgan fingerprint density at radius 1 is 1.55 bits per heavy atom. The Morgan fingerprint density at radius 2 is 2.18 bits per heavy atom. The van der Waals surface area contributed by atoms with Gasteiger partial charge in [0.1, 0.15) is 0 Å². The van der Waals surface area contributed by atoms with E-state index in [4.69, 9.17) is 5.73 Å². The molecule has 0 aliphatic carbocycles. The number of hydrogen-bond acceptors (Lipinski definition) is 3. The van der Waals surface area contributed by atoms with Crippen molar-refractivity contribution in [2.45, 2.75) is 19.4 Å². The van der Waals surface area contributed by atoms with Crippen molar-refractivity contribution in [2.75, 3.05) is 32.1 Å². The Bertz CT molecular complexity index is 88.2.